The van der Waals surface area contributed by atoms with Gasteiger partial charge in [-0.1, -0.05) is 50.2 Å². The van der Waals surface area contributed by atoms with Gasteiger partial charge in [0, 0.05) is 25.7 Å². The normalized spacial score (nSPS) is 14.0. The fourth-order valence-electron chi connectivity index (χ4n) is 3.92. The van der Waals surface area contributed by atoms with E-state index in [-0.39, 0.29) is 40.0 Å². The topological polar surface area (TPSA) is 142 Å². The summed E-state index contributed by atoms with van der Waals surface area (Å²) in [7, 11) is 0. The highest BCUT2D eigenvalue weighted by molar-refractivity contribution is 5.99. The number of hydrogen-bond acceptors (Lipinski definition) is 8. The van der Waals surface area contributed by atoms with E-state index < -0.39 is 5.97 Å². The first-order valence-corrected chi connectivity index (χ1v) is 11.6. The van der Waals surface area contributed by atoms with Crippen LogP contribution in [0.1, 0.15) is 48.3 Å². The molecule has 1 fully saturated rings. The summed E-state index contributed by atoms with van der Waals surface area (Å²) >= 11 is 0. The molecule has 2 aromatic carbocycles. The van der Waals surface area contributed by atoms with Crippen molar-refractivity contribution in [1.29, 1.82) is 0 Å². The second-order valence-electron chi connectivity index (χ2n) is 8.62. The molecule has 0 aliphatic carbocycles. The fourth-order valence-corrected chi connectivity index (χ4v) is 3.92. The van der Waals surface area contributed by atoms with E-state index in [9.17, 15) is 20.1 Å². The van der Waals surface area contributed by atoms with Gasteiger partial charge in [0.05, 0.1) is 24.3 Å². The Morgan fingerprint density at radius 1 is 1.11 bits per heavy atom. The van der Waals surface area contributed by atoms with Crippen molar-refractivity contribution in [1.82, 2.24) is 10.1 Å². The number of aromatic nitrogens is 1. The van der Waals surface area contributed by atoms with Crippen molar-refractivity contribution in [2.24, 2.45) is 5.73 Å². The number of hydrogen-bond donors (Lipinski definition) is 4. The Labute approximate surface area is 204 Å². The van der Waals surface area contributed by atoms with Crippen molar-refractivity contribution in [2.45, 2.75) is 33.2 Å². The number of rotatable bonds is 6. The van der Waals surface area contributed by atoms with Gasteiger partial charge >= 0.3 is 5.97 Å². The minimum atomic E-state index is -1.23. The number of carboxylic acid groups (broad SMARTS) is 1. The molecule has 1 aliphatic rings. The lowest BCUT2D eigenvalue weighted by Gasteiger charge is -2.26. The minimum absolute atomic E-state index is 0.0147. The lowest BCUT2D eigenvalue weighted by Crippen LogP contribution is -2.35. The third-order valence-electron chi connectivity index (χ3n) is 5.66. The van der Waals surface area contributed by atoms with Crippen molar-refractivity contribution >= 4 is 5.97 Å². The molecule has 1 aliphatic heterocycles. The monoisotopic (exact) mass is 483 g/mol. The predicted octanol–water partition coefficient (Wildman–Crippen LogP) is 4.04. The molecule has 0 radical (unpaired) electrons. The summed E-state index contributed by atoms with van der Waals surface area (Å²) in [6, 6.07) is 10.4. The second-order valence-corrected chi connectivity index (χ2v) is 8.62. The molecule has 3 aromatic rings. The first-order valence-electron chi connectivity index (χ1n) is 11.6. The molecule has 2 heterocycles. The third-order valence-corrected chi connectivity index (χ3v) is 5.66. The lowest BCUT2D eigenvalue weighted by atomic mass is 9.94. The number of nitrogens with zero attached hydrogens (tertiary/aromatic N) is 2. The molecule has 0 amide bonds. The predicted molar refractivity (Wildman–Crippen MR) is 133 cm³/mol. The van der Waals surface area contributed by atoms with Crippen LogP contribution >= 0.6 is 0 Å². The number of nitrogens with two attached hydrogens (primary N) is 1. The molecule has 1 saturated heterocycles. The molecule has 4 rings (SSSR count). The van der Waals surface area contributed by atoms with E-state index in [1.165, 1.54) is 6.07 Å². The first-order chi connectivity index (χ1) is 16.8. The molecule has 0 atom stereocenters. The molecular formula is C26H33N3O6. The van der Waals surface area contributed by atoms with Crippen molar-refractivity contribution in [3.8, 4) is 33.9 Å². The van der Waals surface area contributed by atoms with Gasteiger partial charge in [0.2, 0.25) is 0 Å². The number of aromatic carboxylic acids is 1. The van der Waals surface area contributed by atoms with Crippen molar-refractivity contribution in [2.75, 3.05) is 32.8 Å². The Kier molecular flexibility index (Phi) is 8.86. The number of morpholine rings is 1. The van der Waals surface area contributed by atoms with E-state index in [2.05, 4.69) is 10.1 Å². The number of carboxylic acids is 1. The van der Waals surface area contributed by atoms with Gasteiger partial charge in [-0.25, -0.2) is 4.79 Å². The molecule has 0 bridgehead atoms. The zero-order valence-corrected chi connectivity index (χ0v) is 20.3. The van der Waals surface area contributed by atoms with Gasteiger partial charge in [0.1, 0.15) is 11.5 Å². The molecule has 9 nitrogen and oxygen atoms in total. The van der Waals surface area contributed by atoms with Crippen LogP contribution in [0.3, 0.4) is 0 Å². The number of phenols is 2. The summed E-state index contributed by atoms with van der Waals surface area (Å²) in [4.78, 5) is 14.1. The van der Waals surface area contributed by atoms with Crippen LogP contribution in [0.2, 0.25) is 0 Å². The van der Waals surface area contributed by atoms with Gasteiger partial charge in [0.15, 0.2) is 11.5 Å². The Morgan fingerprint density at radius 3 is 2.31 bits per heavy atom. The zero-order chi connectivity index (χ0) is 25.5. The Bertz CT molecular complexity index is 1130. The minimum Gasteiger partial charge on any atom is -0.508 e. The van der Waals surface area contributed by atoms with Crippen molar-refractivity contribution < 1.29 is 29.4 Å². The number of ether oxygens (including phenoxy) is 1. The van der Waals surface area contributed by atoms with Crippen LogP contribution < -0.4 is 5.73 Å². The van der Waals surface area contributed by atoms with Crippen molar-refractivity contribution in [3.63, 3.8) is 0 Å². The highest BCUT2D eigenvalue weighted by atomic mass is 16.5. The van der Waals surface area contributed by atoms with Gasteiger partial charge in [-0.15, -0.1) is 0 Å². The number of carbonyl (C=O) groups is 1. The largest absolute Gasteiger partial charge is 0.508 e. The number of benzene rings is 2. The Morgan fingerprint density at radius 2 is 1.74 bits per heavy atom. The summed E-state index contributed by atoms with van der Waals surface area (Å²) in [5.41, 5.74) is 7.49. The maximum absolute atomic E-state index is 11.8. The SMILES string of the molecule is CC(C)c1cc(-c2onc(C(=O)O)c2-c2ccc(CN3CCOCC3)cc2)c(O)cc1O.CCN. The van der Waals surface area contributed by atoms with E-state index in [4.69, 9.17) is 15.0 Å². The number of phenolic OH excluding ortho intramolecular Hbond substituents is 2. The highest BCUT2D eigenvalue weighted by Crippen LogP contribution is 2.43. The molecule has 5 N–H and O–H groups in total. The molecule has 35 heavy (non-hydrogen) atoms. The van der Waals surface area contributed by atoms with E-state index in [0.717, 1.165) is 45.0 Å². The maximum Gasteiger partial charge on any atom is 0.358 e. The van der Waals surface area contributed by atoms with Crippen LogP contribution in [0.5, 0.6) is 11.5 Å². The maximum atomic E-state index is 11.8. The quantitative estimate of drug-likeness (QED) is 0.408. The van der Waals surface area contributed by atoms with Gasteiger partial charge in [-0.3, -0.25) is 4.90 Å². The van der Waals surface area contributed by atoms with Gasteiger partial charge in [-0.2, -0.15) is 0 Å². The summed E-state index contributed by atoms with van der Waals surface area (Å²) in [6.45, 7) is 10.4. The first kappa shape index (κ1) is 26.2. The average Bonchev–Trinajstić information content (AvgIpc) is 3.26. The zero-order valence-electron chi connectivity index (χ0n) is 20.3. The van der Waals surface area contributed by atoms with Crippen LogP contribution in [0.25, 0.3) is 22.5 Å². The summed E-state index contributed by atoms with van der Waals surface area (Å²) in [6.07, 6.45) is 0. The van der Waals surface area contributed by atoms with Crippen LogP contribution in [-0.4, -0.2) is 64.2 Å². The van der Waals surface area contributed by atoms with Crippen LogP contribution in [-0.2, 0) is 11.3 Å². The van der Waals surface area contributed by atoms with E-state index >= 15 is 0 Å². The highest BCUT2D eigenvalue weighted by Gasteiger charge is 2.27. The van der Waals surface area contributed by atoms with Crippen molar-refractivity contribution in [3.05, 3.63) is 53.2 Å². The molecule has 188 valence electrons. The molecule has 1 aromatic heterocycles. The lowest BCUT2D eigenvalue weighted by molar-refractivity contribution is 0.0342. The standard InChI is InChI=1S/C24H26N2O6.C2H7N/c1-14(2)17-11-18(20(28)12-19(17)27)23-21(22(24(29)30)25-32-23)16-5-3-15(4-6-16)13-26-7-9-31-10-8-26;1-2-3/h3-6,11-12,14,27-28H,7-10,13H2,1-2H3,(H,29,30);2-3H2,1H3. The molecule has 0 unspecified atom stereocenters. The summed E-state index contributed by atoms with van der Waals surface area (Å²) < 4.78 is 10.8. The molecule has 0 spiro atoms. The number of aromatic hydroxyl groups is 2. The second kappa shape index (κ2) is 11.8. The van der Waals surface area contributed by atoms with Crippen LogP contribution in [0, 0.1) is 0 Å². The molecular weight excluding hydrogens is 450 g/mol. The van der Waals surface area contributed by atoms with Crippen LogP contribution in [0.4, 0.5) is 0 Å². The Balaban J connectivity index is 0.00000108. The van der Waals surface area contributed by atoms with Gasteiger partial charge in [0.25, 0.3) is 0 Å². The fraction of sp³-hybridized carbons (Fsp3) is 0.385. The summed E-state index contributed by atoms with van der Waals surface area (Å²) in [5, 5.41) is 34.1. The smallest absolute Gasteiger partial charge is 0.358 e. The van der Waals surface area contributed by atoms with E-state index in [1.807, 2.05) is 45.0 Å². The third kappa shape index (κ3) is 6.19. The van der Waals surface area contributed by atoms with Crippen LogP contribution in [0.15, 0.2) is 40.9 Å². The average molecular weight is 484 g/mol. The molecule has 0 saturated carbocycles. The van der Waals surface area contributed by atoms with Gasteiger partial charge < -0.3 is 30.3 Å². The van der Waals surface area contributed by atoms with E-state index in [0.29, 0.717) is 11.1 Å². The molecule has 9 heteroatoms. The Hall–Kier alpha value is -3.40. The van der Waals surface area contributed by atoms with E-state index in [1.54, 1.807) is 6.07 Å². The summed E-state index contributed by atoms with van der Waals surface area (Å²) in [5.74, 6) is -1.35. The van der Waals surface area contributed by atoms with Gasteiger partial charge in [-0.05, 0) is 35.2 Å².